The smallest absolute Gasteiger partial charge is 0.260 e. The van der Waals surface area contributed by atoms with Crippen molar-refractivity contribution in [2.45, 2.75) is 32.2 Å². The standard InChI is InChI=1S/C26H32N6O3/c1-4-35-23-15-17(32-13-11-18(33)12-14-32)9-10-20(23)28-26-27-16-22-24(29-26)30(2)21-8-6-5-7-19(21)25(34)31(22)3/h5-10,15-16,18,26,28-29,33H,4,11-14H2,1-3H3. The van der Waals surface area contributed by atoms with E-state index in [1.165, 1.54) is 0 Å². The molecule has 0 bridgehead atoms. The molecule has 184 valence electrons. The highest BCUT2D eigenvalue weighted by molar-refractivity contribution is 6.05. The predicted molar refractivity (Wildman–Crippen MR) is 138 cm³/mol. The molecule has 1 saturated heterocycles. The fraction of sp³-hybridized carbons (Fsp3) is 0.385. The molecule has 0 saturated carbocycles. The van der Waals surface area contributed by atoms with Crippen molar-refractivity contribution in [2.24, 2.45) is 4.99 Å². The molecule has 1 amide bonds. The van der Waals surface area contributed by atoms with Crippen LogP contribution in [0.2, 0.25) is 0 Å². The molecule has 3 heterocycles. The first kappa shape index (κ1) is 23.0. The number of anilines is 3. The second-order valence-corrected chi connectivity index (χ2v) is 8.98. The maximum absolute atomic E-state index is 13.0. The summed E-state index contributed by atoms with van der Waals surface area (Å²) in [5.74, 6) is 1.47. The van der Waals surface area contributed by atoms with Gasteiger partial charge in [-0.2, -0.15) is 0 Å². The van der Waals surface area contributed by atoms with Gasteiger partial charge in [0.1, 0.15) is 17.3 Å². The van der Waals surface area contributed by atoms with Gasteiger partial charge in [0.25, 0.3) is 5.91 Å². The van der Waals surface area contributed by atoms with Crippen LogP contribution < -0.4 is 25.2 Å². The third kappa shape index (κ3) is 4.39. The normalized spacial score (nSPS) is 20.3. The summed E-state index contributed by atoms with van der Waals surface area (Å²) in [5.41, 5.74) is 4.09. The highest BCUT2D eigenvalue weighted by atomic mass is 16.5. The average Bonchev–Trinajstić information content (AvgIpc) is 2.95. The highest BCUT2D eigenvalue weighted by Crippen LogP contribution is 2.34. The van der Waals surface area contributed by atoms with E-state index < -0.39 is 6.29 Å². The Morgan fingerprint density at radius 3 is 2.69 bits per heavy atom. The zero-order valence-electron chi connectivity index (χ0n) is 20.4. The van der Waals surface area contributed by atoms with E-state index in [4.69, 9.17) is 4.74 Å². The number of hydrogen-bond acceptors (Lipinski definition) is 8. The van der Waals surface area contributed by atoms with E-state index in [0.717, 1.165) is 54.6 Å². The van der Waals surface area contributed by atoms with Gasteiger partial charge in [-0.15, -0.1) is 0 Å². The number of amides is 1. The highest BCUT2D eigenvalue weighted by Gasteiger charge is 2.31. The molecule has 3 N–H and O–H groups in total. The molecular formula is C26H32N6O3. The molecule has 1 fully saturated rings. The van der Waals surface area contributed by atoms with Crippen LogP contribution >= 0.6 is 0 Å². The van der Waals surface area contributed by atoms with Crippen LogP contribution in [0.1, 0.15) is 30.1 Å². The molecule has 9 nitrogen and oxygen atoms in total. The topological polar surface area (TPSA) is 92.7 Å². The number of nitrogens with zero attached hydrogens (tertiary/aromatic N) is 4. The zero-order valence-corrected chi connectivity index (χ0v) is 20.4. The number of para-hydroxylation sites is 1. The first-order chi connectivity index (χ1) is 17.0. The first-order valence-electron chi connectivity index (χ1n) is 12.1. The van der Waals surface area contributed by atoms with E-state index >= 15 is 0 Å². The van der Waals surface area contributed by atoms with Crippen LogP contribution in [0.25, 0.3) is 0 Å². The molecule has 1 unspecified atom stereocenters. The molecule has 0 aliphatic carbocycles. The summed E-state index contributed by atoms with van der Waals surface area (Å²) in [5, 5.41) is 16.7. The third-order valence-electron chi connectivity index (χ3n) is 6.75. The van der Waals surface area contributed by atoms with Gasteiger partial charge in [-0.05, 0) is 44.0 Å². The van der Waals surface area contributed by atoms with E-state index in [9.17, 15) is 9.90 Å². The molecule has 9 heteroatoms. The fourth-order valence-corrected chi connectivity index (χ4v) is 4.77. The number of fused-ring (bicyclic) bond motifs is 1. The van der Waals surface area contributed by atoms with Crippen molar-refractivity contribution in [1.29, 1.82) is 0 Å². The lowest BCUT2D eigenvalue weighted by Gasteiger charge is -2.33. The number of ether oxygens (including phenoxy) is 1. The van der Waals surface area contributed by atoms with Crippen LogP contribution in [0.4, 0.5) is 17.1 Å². The van der Waals surface area contributed by atoms with Gasteiger partial charge in [0.2, 0.25) is 0 Å². The lowest BCUT2D eigenvalue weighted by molar-refractivity contribution is 0.0844. The van der Waals surface area contributed by atoms with Crippen LogP contribution in [0.15, 0.2) is 59.0 Å². The number of carbonyl (C=O) groups excluding carboxylic acids is 1. The van der Waals surface area contributed by atoms with Crippen molar-refractivity contribution < 1.29 is 14.6 Å². The van der Waals surface area contributed by atoms with Crippen LogP contribution in [0, 0.1) is 0 Å². The Morgan fingerprint density at radius 2 is 1.91 bits per heavy atom. The van der Waals surface area contributed by atoms with Crippen molar-refractivity contribution in [1.82, 2.24) is 10.2 Å². The average molecular weight is 477 g/mol. The van der Waals surface area contributed by atoms with Crippen LogP contribution in [-0.4, -0.2) is 68.3 Å². The lowest BCUT2D eigenvalue weighted by Crippen LogP contribution is -2.44. The first-order valence-corrected chi connectivity index (χ1v) is 12.1. The molecule has 0 aromatic heterocycles. The Morgan fingerprint density at radius 1 is 1.14 bits per heavy atom. The Labute approximate surface area is 205 Å². The van der Waals surface area contributed by atoms with E-state index in [-0.39, 0.29) is 12.0 Å². The van der Waals surface area contributed by atoms with E-state index in [2.05, 4.69) is 26.6 Å². The van der Waals surface area contributed by atoms with E-state index in [1.54, 1.807) is 18.2 Å². The van der Waals surface area contributed by atoms with Gasteiger partial charge in [0, 0.05) is 38.9 Å². The summed E-state index contributed by atoms with van der Waals surface area (Å²) < 4.78 is 5.96. The quantitative estimate of drug-likeness (QED) is 0.611. The Kier molecular flexibility index (Phi) is 6.25. The number of rotatable bonds is 5. The zero-order chi connectivity index (χ0) is 24.5. The summed E-state index contributed by atoms with van der Waals surface area (Å²) in [6.07, 6.45) is 2.62. The van der Waals surface area contributed by atoms with Crippen molar-refractivity contribution in [3.63, 3.8) is 0 Å². The minimum absolute atomic E-state index is 0.0726. The van der Waals surface area contributed by atoms with E-state index in [0.29, 0.717) is 17.9 Å². The maximum Gasteiger partial charge on any atom is 0.260 e. The minimum atomic E-state index is -0.444. The molecule has 1 atom stereocenters. The van der Waals surface area contributed by atoms with Gasteiger partial charge in [0.15, 0.2) is 6.29 Å². The summed E-state index contributed by atoms with van der Waals surface area (Å²) >= 11 is 0. The second-order valence-electron chi connectivity index (χ2n) is 8.98. The maximum atomic E-state index is 13.0. The summed E-state index contributed by atoms with van der Waals surface area (Å²) in [4.78, 5) is 23.6. The molecule has 3 aliphatic rings. The van der Waals surface area contributed by atoms with Gasteiger partial charge in [-0.25, -0.2) is 4.99 Å². The number of piperidine rings is 1. The van der Waals surface area contributed by atoms with Gasteiger partial charge >= 0.3 is 0 Å². The number of allylic oxidation sites excluding steroid dienone is 1. The minimum Gasteiger partial charge on any atom is -0.492 e. The number of aliphatic hydroxyl groups is 1. The third-order valence-corrected chi connectivity index (χ3v) is 6.75. The van der Waals surface area contributed by atoms with Crippen molar-refractivity contribution in [3.05, 3.63) is 59.5 Å². The summed E-state index contributed by atoms with van der Waals surface area (Å²) in [6.45, 7) is 4.16. The van der Waals surface area contributed by atoms with Crippen molar-refractivity contribution >= 4 is 29.2 Å². The molecule has 2 aromatic carbocycles. The van der Waals surface area contributed by atoms with Crippen LogP contribution in [0.3, 0.4) is 0 Å². The van der Waals surface area contributed by atoms with Crippen LogP contribution in [-0.2, 0) is 0 Å². The van der Waals surface area contributed by atoms with Gasteiger partial charge in [0.05, 0.1) is 35.9 Å². The van der Waals surface area contributed by atoms with Gasteiger partial charge in [-0.1, -0.05) is 12.1 Å². The largest absolute Gasteiger partial charge is 0.492 e. The monoisotopic (exact) mass is 476 g/mol. The van der Waals surface area contributed by atoms with Crippen molar-refractivity contribution in [2.75, 3.05) is 48.9 Å². The molecule has 35 heavy (non-hydrogen) atoms. The SMILES string of the molecule is CCOc1cc(N2CCC(O)CC2)ccc1NC1N=CC2=C(N1)N(C)c1ccccc1C(=O)N2C. The molecule has 0 radical (unpaired) electrons. The van der Waals surface area contributed by atoms with Gasteiger partial charge in [-0.3, -0.25) is 4.79 Å². The van der Waals surface area contributed by atoms with Crippen LogP contribution in [0.5, 0.6) is 5.75 Å². The number of hydrogen-bond donors (Lipinski definition) is 3. The number of aliphatic imine (C=N–C) groups is 1. The number of carbonyl (C=O) groups is 1. The van der Waals surface area contributed by atoms with Crippen molar-refractivity contribution in [3.8, 4) is 5.75 Å². The van der Waals surface area contributed by atoms with E-state index in [1.807, 2.05) is 55.3 Å². The molecule has 0 spiro atoms. The summed E-state index contributed by atoms with van der Waals surface area (Å²) in [6, 6.07) is 13.7. The van der Waals surface area contributed by atoms with Gasteiger partial charge < -0.3 is 35.2 Å². The predicted octanol–water partition coefficient (Wildman–Crippen LogP) is 2.81. The Balaban J connectivity index is 1.38. The Hall–Kier alpha value is -3.72. The second kappa shape index (κ2) is 9.50. The molecule has 3 aliphatic heterocycles. The number of nitrogens with one attached hydrogen (secondary N) is 2. The molecule has 2 aromatic rings. The number of aliphatic hydroxyl groups excluding tert-OH is 1. The lowest BCUT2D eigenvalue weighted by atomic mass is 10.1. The fourth-order valence-electron chi connectivity index (χ4n) is 4.77. The summed E-state index contributed by atoms with van der Waals surface area (Å²) in [7, 11) is 3.71. The number of benzene rings is 2. The molecule has 5 rings (SSSR count). The Bertz CT molecular complexity index is 1170. The molecular weight excluding hydrogens is 444 g/mol.